The number of rotatable bonds is 4. The fraction of sp³-hybridized carbons (Fsp3) is 0.636. The van der Waals surface area contributed by atoms with Crippen LogP contribution in [0.25, 0.3) is 0 Å². The predicted molar refractivity (Wildman–Crippen MR) is 60.8 cm³/mol. The Hall–Kier alpha value is -1.32. The Labute approximate surface area is 90.5 Å². The molecule has 0 bridgehead atoms. The van der Waals surface area contributed by atoms with Gasteiger partial charge in [0.1, 0.15) is 0 Å². The summed E-state index contributed by atoms with van der Waals surface area (Å²) in [4.78, 5) is 11.7. The zero-order chi connectivity index (χ0) is 11.4. The quantitative estimate of drug-likeness (QED) is 0.800. The number of aromatic nitrogens is 2. The zero-order valence-electron chi connectivity index (χ0n) is 9.85. The van der Waals surface area contributed by atoms with E-state index in [1.165, 1.54) is 0 Å². The van der Waals surface area contributed by atoms with Crippen molar-refractivity contribution >= 4 is 11.7 Å². The third kappa shape index (κ3) is 2.81. The summed E-state index contributed by atoms with van der Waals surface area (Å²) in [7, 11) is 0. The van der Waals surface area contributed by atoms with Crippen LogP contribution < -0.4 is 5.32 Å². The largest absolute Gasteiger partial charge is 0.309 e. The number of hydrogen-bond donors (Lipinski definition) is 2. The lowest BCUT2D eigenvalue weighted by Gasteiger charge is -2.09. The van der Waals surface area contributed by atoms with Crippen molar-refractivity contribution in [2.75, 3.05) is 5.32 Å². The van der Waals surface area contributed by atoms with Gasteiger partial charge in [0.05, 0.1) is 0 Å². The molecule has 4 nitrogen and oxygen atoms in total. The highest BCUT2D eigenvalue weighted by molar-refractivity contribution is 5.92. The second-order valence-electron chi connectivity index (χ2n) is 4.00. The van der Waals surface area contributed by atoms with Gasteiger partial charge in [0.15, 0.2) is 5.82 Å². The van der Waals surface area contributed by atoms with E-state index in [1.54, 1.807) is 0 Å². The number of nitrogens with zero attached hydrogens (tertiary/aromatic N) is 1. The molecule has 1 heterocycles. The molecule has 1 atom stereocenters. The first kappa shape index (κ1) is 11.8. The molecule has 4 heteroatoms. The molecule has 84 valence electrons. The zero-order valence-corrected chi connectivity index (χ0v) is 9.85. The van der Waals surface area contributed by atoms with Crippen molar-refractivity contribution in [2.45, 2.75) is 40.5 Å². The van der Waals surface area contributed by atoms with Crippen LogP contribution in [0.1, 0.15) is 37.9 Å². The van der Waals surface area contributed by atoms with Gasteiger partial charge in [-0.25, -0.2) is 0 Å². The average Bonchev–Trinajstić information content (AvgIpc) is 2.50. The Bertz CT molecular complexity index is 344. The molecule has 0 aliphatic carbocycles. The van der Waals surface area contributed by atoms with Gasteiger partial charge in [-0.15, -0.1) is 0 Å². The van der Waals surface area contributed by atoms with Crippen LogP contribution in [0.3, 0.4) is 0 Å². The molecule has 0 saturated heterocycles. The average molecular weight is 209 g/mol. The topological polar surface area (TPSA) is 57.8 Å². The van der Waals surface area contributed by atoms with Gasteiger partial charge in [0.25, 0.3) is 0 Å². The third-order valence-electron chi connectivity index (χ3n) is 2.66. The Morgan fingerprint density at radius 3 is 2.67 bits per heavy atom. The normalized spacial score (nSPS) is 12.5. The molecule has 1 unspecified atom stereocenters. The summed E-state index contributed by atoms with van der Waals surface area (Å²) >= 11 is 0. The van der Waals surface area contributed by atoms with Crippen molar-refractivity contribution in [3.05, 3.63) is 11.3 Å². The Morgan fingerprint density at radius 2 is 2.20 bits per heavy atom. The highest BCUT2D eigenvalue weighted by Gasteiger charge is 2.14. The summed E-state index contributed by atoms with van der Waals surface area (Å²) in [5, 5.41) is 9.72. The van der Waals surface area contributed by atoms with E-state index in [1.807, 2.05) is 20.8 Å². The summed E-state index contributed by atoms with van der Waals surface area (Å²) in [6, 6.07) is 0. The summed E-state index contributed by atoms with van der Waals surface area (Å²) in [5.74, 6) is 0.748. The lowest BCUT2D eigenvalue weighted by Crippen LogP contribution is -2.20. The molecular weight excluding hydrogens is 190 g/mol. The molecule has 1 amide bonds. The van der Waals surface area contributed by atoms with E-state index in [0.29, 0.717) is 5.82 Å². The smallest absolute Gasteiger partial charge is 0.228 e. The summed E-state index contributed by atoms with van der Waals surface area (Å²) in [6.07, 6.45) is 1.93. The van der Waals surface area contributed by atoms with Gasteiger partial charge in [-0.1, -0.05) is 20.3 Å². The molecule has 0 fully saturated rings. The van der Waals surface area contributed by atoms with Crippen LogP contribution in [0, 0.1) is 19.8 Å². The maximum atomic E-state index is 11.7. The number of nitrogens with one attached hydrogen (secondary N) is 2. The second-order valence-corrected chi connectivity index (χ2v) is 4.00. The highest BCUT2D eigenvalue weighted by Crippen LogP contribution is 2.15. The Morgan fingerprint density at radius 1 is 1.53 bits per heavy atom. The van der Waals surface area contributed by atoms with Crippen LogP contribution in [0.5, 0.6) is 0 Å². The van der Waals surface area contributed by atoms with Crippen LogP contribution in [-0.2, 0) is 4.79 Å². The second kappa shape index (κ2) is 4.96. The first-order chi connectivity index (χ1) is 7.06. The van der Waals surface area contributed by atoms with Gasteiger partial charge in [0.2, 0.25) is 5.91 Å². The van der Waals surface area contributed by atoms with Crippen LogP contribution >= 0.6 is 0 Å². The molecule has 15 heavy (non-hydrogen) atoms. The molecule has 0 aromatic carbocycles. The summed E-state index contributed by atoms with van der Waals surface area (Å²) in [5.41, 5.74) is 2.00. The maximum absolute atomic E-state index is 11.7. The summed E-state index contributed by atoms with van der Waals surface area (Å²) < 4.78 is 0. The van der Waals surface area contributed by atoms with Crippen molar-refractivity contribution in [3.63, 3.8) is 0 Å². The number of amides is 1. The number of anilines is 1. The minimum Gasteiger partial charge on any atom is -0.309 e. The number of aryl methyl sites for hydroxylation is 1. The number of H-pyrrole nitrogens is 1. The van der Waals surface area contributed by atoms with Gasteiger partial charge >= 0.3 is 0 Å². The minimum atomic E-state index is 0.0476. The van der Waals surface area contributed by atoms with E-state index < -0.39 is 0 Å². The van der Waals surface area contributed by atoms with Gasteiger partial charge in [0, 0.05) is 17.2 Å². The molecule has 0 aliphatic heterocycles. The lowest BCUT2D eigenvalue weighted by molar-refractivity contribution is -0.119. The standard InChI is InChI=1S/C11H19N3O/c1-5-6-7(2)11(15)12-10-8(3)9(4)13-14-10/h7H,5-6H2,1-4H3,(H2,12,13,14,15). The van der Waals surface area contributed by atoms with Crippen LogP contribution in [-0.4, -0.2) is 16.1 Å². The third-order valence-corrected chi connectivity index (χ3v) is 2.66. The van der Waals surface area contributed by atoms with E-state index in [-0.39, 0.29) is 11.8 Å². The molecule has 0 aliphatic rings. The van der Waals surface area contributed by atoms with Gasteiger partial charge < -0.3 is 5.32 Å². The number of hydrogen-bond acceptors (Lipinski definition) is 2. The monoisotopic (exact) mass is 209 g/mol. The molecule has 1 rings (SSSR count). The number of carbonyl (C=O) groups excluding carboxylic acids is 1. The fourth-order valence-electron chi connectivity index (χ4n) is 1.41. The van der Waals surface area contributed by atoms with E-state index in [2.05, 4.69) is 22.4 Å². The van der Waals surface area contributed by atoms with Crippen molar-refractivity contribution in [1.82, 2.24) is 10.2 Å². The molecule has 1 aromatic heterocycles. The minimum absolute atomic E-state index is 0.0476. The number of aromatic amines is 1. The van der Waals surface area contributed by atoms with E-state index in [4.69, 9.17) is 0 Å². The van der Waals surface area contributed by atoms with Crippen molar-refractivity contribution in [2.24, 2.45) is 5.92 Å². The van der Waals surface area contributed by atoms with Gasteiger partial charge in [-0.3, -0.25) is 9.89 Å². The van der Waals surface area contributed by atoms with Gasteiger partial charge in [-0.2, -0.15) is 5.10 Å². The van der Waals surface area contributed by atoms with Crippen molar-refractivity contribution in [3.8, 4) is 0 Å². The van der Waals surface area contributed by atoms with E-state index in [0.717, 1.165) is 24.1 Å². The first-order valence-electron chi connectivity index (χ1n) is 5.38. The molecular formula is C11H19N3O. The molecule has 0 radical (unpaired) electrons. The Balaban J connectivity index is 2.62. The van der Waals surface area contributed by atoms with Crippen molar-refractivity contribution in [1.29, 1.82) is 0 Å². The highest BCUT2D eigenvalue weighted by atomic mass is 16.1. The Kier molecular flexibility index (Phi) is 3.88. The van der Waals surface area contributed by atoms with Crippen LogP contribution in [0.2, 0.25) is 0 Å². The molecule has 2 N–H and O–H groups in total. The van der Waals surface area contributed by atoms with Gasteiger partial charge in [-0.05, 0) is 20.3 Å². The molecule has 0 spiro atoms. The van der Waals surface area contributed by atoms with E-state index >= 15 is 0 Å². The summed E-state index contributed by atoms with van der Waals surface area (Å²) in [6.45, 7) is 7.90. The lowest BCUT2D eigenvalue weighted by atomic mass is 10.1. The first-order valence-corrected chi connectivity index (χ1v) is 5.38. The van der Waals surface area contributed by atoms with Crippen molar-refractivity contribution < 1.29 is 4.79 Å². The fourth-order valence-corrected chi connectivity index (χ4v) is 1.41. The predicted octanol–water partition coefficient (Wildman–Crippen LogP) is 2.40. The number of carbonyl (C=O) groups is 1. The van der Waals surface area contributed by atoms with Crippen LogP contribution in [0.15, 0.2) is 0 Å². The molecule has 0 saturated carbocycles. The van der Waals surface area contributed by atoms with Crippen LogP contribution in [0.4, 0.5) is 5.82 Å². The molecule has 1 aromatic rings. The van der Waals surface area contributed by atoms with E-state index in [9.17, 15) is 4.79 Å². The SMILES string of the molecule is CCCC(C)C(=O)Nc1n[nH]c(C)c1C. The maximum Gasteiger partial charge on any atom is 0.228 e.